The number of hydrogen-bond acceptors (Lipinski definition) is 3. The van der Waals surface area contributed by atoms with Crippen LogP contribution in [0.1, 0.15) is 68.0 Å². The maximum atomic E-state index is 4.37. The Morgan fingerprint density at radius 1 is 0.864 bits per heavy atom. The normalized spacial score (nSPS) is 21.7. The summed E-state index contributed by atoms with van der Waals surface area (Å²) in [5, 5.41) is 7.71. The van der Waals surface area contributed by atoms with Crippen molar-refractivity contribution in [2.75, 3.05) is 0 Å². The molecule has 3 atom stereocenters. The third-order valence-electron chi connectivity index (χ3n) is 8.87. The zero-order valence-corrected chi connectivity index (χ0v) is 26.1. The summed E-state index contributed by atoms with van der Waals surface area (Å²) in [6, 6.07) is 31.0. The van der Waals surface area contributed by atoms with E-state index in [-0.39, 0.29) is 12.2 Å². The minimum absolute atomic E-state index is 0.0150. The van der Waals surface area contributed by atoms with Crippen molar-refractivity contribution in [1.82, 2.24) is 15.6 Å². The molecule has 0 bridgehead atoms. The number of pyridine rings is 1. The highest BCUT2D eigenvalue weighted by Crippen LogP contribution is 2.56. The number of nitrogens with zero attached hydrogens (tertiary/aromatic N) is 1. The second-order valence-corrected chi connectivity index (χ2v) is 11.5. The van der Waals surface area contributed by atoms with Crippen molar-refractivity contribution in [2.45, 2.75) is 51.7 Å². The fourth-order valence-corrected chi connectivity index (χ4v) is 6.95. The zero-order chi connectivity index (χ0) is 30.5. The molecule has 0 radical (unpaired) electrons. The van der Waals surface area contributed by atoms with Gasteiger partial charge in [-0.05, 0) is 96.0 Å². The van der Waals surface area contributed by atoms with Crippen LogP contribution < -0.4 is 10.6 Å². The molecule has 0 fully saturated rings. The molecule has 2 heterocycles. The largest absolute Gasteiger partial charge is 0.366 e. The minimum atomic E-state index is -0.398. The van der Waals surface area contributed by atoms with E-state index >= 15 is 0 Å². The van der Waals surface area contributed by atoms with E-state index in [1.165, 1.54) is 50.1 Å². The van der Waals surface area contributed by atoms with Crippen molar-refractivity contribution in [3.63, 3.8) is 0 Å². The Labute approximate surface area is 262 Å². The molecule has 220 valence electrons. The average molecular weight is 576 g/mol. The summed E-state index contributed by atoms with van der Waals surface area (Å²) in [5.74, 6) is 0. The molecule has 1 aliphatic heterocycles. The molecule has 0 amide bonds. The van der Waals surface area contributed by atoms with Gasteiger partial charge in [0.25, 0.3) is 0 Å². The lowest BCUT2D eigenvalue weighted by atomic mass is 9.67. The van der Waals surface area contributed by atoms with Crippen LogP contribution in [0.15, 0.2) is 151 Å². The summed E-state index contributed by atoms with van der Waals surface area (Å²) in [5.41, 5.74) is 12.1. The van der Waals surface area contributed by atoms with Crippen LogP contribution in [-0.4, -0.2) is 11.1 Å². The molecule has 2 aliphatic rings. The van der Waals surface area contributed by atoms with Gasteiger partial charge in [0.2, 0.25) is 0 Å². The first-order chi connectivity index (χ1) is 21.6. The number of nitrogens with one attached hydrogen (secondary N) is 2. The van der Waals surface area contributed by atoms with Gasteiger partial charge in [0.05, 0.1) is 11.5 Å². The second-order valence-electron chi connectivity index (χ2n) is 11.5. The van der Waals surface area contributed by atoms with Crippen LogP contribution >= 0.6 is 0 Å². The quantitative estimate of drug-likeness (QED) is 0.206. The molecule has 0 saturated heterocycles. The van der Waals surface area contributed by atoms with Crippen molar-refractivity contribution >= 4 is 5.70 Å². The monoisotopic (exact) mass is 575 g/mol. The number of allylic oxidation sites excluding steroid dienone is 6. The molecule has 1 aromatic heterocycles. The lowest BCUT2D eigenvalue weighted by Crippen LogP contribution is -2.47. The molecule has 44 heavy (non-hydrogen) atoms. The Kier molecular flexibility index (Phi) is 8.58. The first-order valence-corrected chi connectivity index (χ1v) is 15.7. The summed E-state index contributed by atoms with van der Waals surface area (Å²) in [6.45, 7) is 8.60. The number of aromatic nitrogens is 1. The standard InChI is InChI=1S/C41H41N3/c1-5-8-16-29(4)41(33-23-25-42-26-24-33)36-20-13-12-19-34(36)35-27-32(21-22-37(35)41)39-28-38(30-17-10-9-11-18-30)43-40(44-39)31(14-6-2)15-7-3/h5-6,8-28,39-40,43-44H,7H2,1-4H3/b8-5-,14-6-,29-16+,31-15+. The van der Waals surface area contributed by atoms with Gasteiger partial charge < -0.3 is 5.32 Å². The third kappa shape index (κ3) is 5.18. The van der Waals surface area contributed by atoms with E-state index in [1.807, 2.05) is 12.4 Å². The third-order valence-corrected chi connectivity index (χ3v) is 8.87. The van der Waals surface area contributed by atoms with Gasteiger partial charge in [0, 0.05) is 18.1 Å². The maximum absolute atomic E-state index is 4.37. The molecule has 4 aromatic rings. The first-order valence-electron chi connectivity index (χ1n) is 15.7. The van der Waals surface area contributed by atoms with Crippen LogP contribution in [0.25, 0.3) is 16.8 Å². The Morgan fingerprint density at radius 2 is 1.61 bits per heavy atom. The number of fused-ring (bicyclic) bond motifs is 3. The zero-order valence-electron chi connectivity index (χ0n) is 26.1. The summed E-state index contributed by atoms with van der Waals surface area (Å²) in [4.78, 5) is 4.37. The van der Waals surface area contributed by atoms with Crippen LogP contribution in [0.5, 0.6) is 0 Å². The van der Waals surface area contributed by atoms with Crippen LogP contribution in [0.3, 0.4) is 0 Å². The van der Waals surface area contributed by atoms with Crippen molar-refractivity contribution in [2.24, 2.45) is 0 Å². The Morgan fingerprint density at radius 3 is 2.36 bits per heavy atom. The predicted molar refractivity (Wildman–Crippen MR) is 185 cm³/mol. The summed E-state index contributed by atoms with van der Waals surface area (Å²) >= 11 is 0. The second kappa shape index (κ2) is 12.9. The topological polar surface area (TPSA) is 37.0 Å². The van der Waals surface area contributed by atoms with E-state index in [1.54, 1.807) is 0 Å². The van der Waals surface area contributed by atoms with Gasteiger partial charge in [-0.1, -0.05) is 116 Å². The number of benzene rings is 3. The highest BCUT2D eigenvalue weighted by molar-refractivity contribution is 5.86. The van der Waals surface area contributed by atoms with Gasteiger partial charge >= 0.3 is 0 Å². The number of rotatable bonds is 8. The van der Waals surface area contributed by atoms with Crippen molar-refractivity contribution in [3.05, 3.63) is 179 Å². The van der Waals surface area contributed by atoms with E-state index in [0.717, 1.165) is 12.1 Å². The van der Waals surface area contributed by atoms with Crippen molar-refractivity contribution in [3.8, 4) is 11.1 Å². The van der Waals surface area contributed by atoms with Gasteiger partial charge in [-0.2, -0.15) is 0 Å². The molecule has 3 nitrogen and oxygen atoms in total. The molecule has 0 spiro atoms. The molecule has 3 unspecified atom stereocenters. The summed E-state index contributed by atoms with van der Waals surface area (Å²) < 4.78 is 0. The minimum Gasteiger partial charge on any atom is -0.366 e. The molecular formula is C41H41N3. The Balaban J connectivity index is 1.53. The molecule has 2 N–H and O–H groups in total. The highest BCUT2D eigenvalue weighted by atomic mass is 15.2. The molecule has 6 rings (SSSR count). The molecule has 0 saturated carbocycles. The van der Waals surface area contributed by atoms with Gasteiger partial charge in [-0.25, -0.2) is 0 Å². The fourth-order valence-electron chi connectivity index (χ4n) is 6.95. The van der Waals surface area contributed by atoms with Crippen LogP contribution in [0.2, 0.25) is 0 Å². The molecule has 1 aliphatic carbocycles. The van der Waals surface area contributed by atoms with E-state index in [0.29, 0.717) is 0 Å². The van der Waals surface area contributed by atoms with E-state index in [4.69, 9.17) is 0 Å². The SMILES string of the molecule is C/C=C\C=C(/C)C1(c2ccncc2)c2ccccc2-c2cc(C3C=C(c4ccccc4)NC(C(/C=C\C)=C/CC)N3)ccc21. The average Bonchev–Trinajstić information content (AvgIpc) is 3.38. The van der Waals surface area contributed by atoms with Gasteiger partial charge in [-0.15, -0.1) is 0 Å². The molecule has 3 aromatic carbocycles. The lowest BCUT2D eigenvalue weighted by molar-refractivity contribution is 0.480. The number of hydrogen-bond donors (Lipinski definition) is 2. The lowest BCUT2D eigenvalue weighted by Gasteiger charge is -2.35. The van der Waals surface area contributed by atoms with Gasteiger partial charge in [0.1, 0.15) is 6.17 Å². The molecular weight excluding hydrogens is 534 g/mol. The van der Waals surface area contributed by atoms with Gasteiger partial charge in [-0.3, -0.25) is 10.3 Å². The van der Waals surface area contributed by atoms with Gasteiger partial charge in [0.15, 0.2) is 0 Å². The van der Waals surface area contributed by atoms with E-state index in [9.17, 15) is 0 Å². The fraction of sp³-hybridized carbons (Fsp3) is 0.195. The Hall–Kier alpha value is -4.73. The maximum Gasteiger partial charge on any atom is 0.104 e. The highest BCUT2D eigenvalue weighted by Gasteiger charge is 2.46. The molecule has 3 heteroatoms. The predicted octanol–water partition coefficient (Wildman–Crippen LogP) is 9.43. The summed E-state index contributed by atoms with van der Waals surface area (Å²) in [7, 11) is 0. The van der Waals surface area contributed by atoms with Crippen LogP contribution in [0, 0.1) is 0 Å². The smallest absolute Gasteiger partial charge is 0.104 e. The van der Waals surface area contributed by atoms with Crippen LogP contribution in [0.4, 0.5) is 0 Å². The van der Waals surface area contributed by atoms with E-state index < -0.39 is 5.41 Å². The first kappa shape index (κ1) is 29.3. The Bertz CT molecular complexity index is 1780. The van der Waals surface area contributed by atoms with E-state index in [2.05, 4.69) is 171 Å². The summed E-state index contributed by atoms with van der Waals surface area (Å²) in [6.07, 6.45) is 20.3. The van der Waals surface area contributed by atoms with Crippen LogP contribution in [-0.2, 0) is 5.41 Å². The van der Waals surface area contributed by atoms with Crippen molar-refractivity contribution in [1.29, 1.82) is 0 Å². The van der Waals surface area contributed by atoms with Crippen molar-refractivity contribution < 1.29 is 0 Å².